The zero-order valence-corrected chi connectivity index (χ0v) is 23.4. The largest absolute Gasteiger partial charge is 0.443 e. The van der Waals surface area contributed by atoms with Crippen molar-refractivity contribution in [2.75, 3.05) is 0 Å². The molecule has 4 aromatic heterocycles. The monoisotopic (exact) mass is 650 g/mol. The number of amides is 2. The Kier molecular flexibility index (Phi) is 8.49. The number of fused-ring (bicyclic) bond motifs is 1. The van der Waals surface area contributed by atoms with Crippen LogP contribution in [0.5, 0.6) is 0 Å². The predicted octanol–water partition coefficient (Wildman–Crippen LogP) is 5.49. The molecule has 0 fully saturated rings. The second-order valence-corrected chi connectivity index (χ2v) is 10.9. The number of hydrogen-bond acceptors (Lipinski definition) is 11. The molecule has 0 atom stereocenters. The van der Waals surface area contributed by atoms with E-state index in [0.29, 0.717) is 55.8 Å². The van der Waals surface area contributed by atoms with Crippen LogP contribution in [0.1, 0.15) is 42.1 Å². The van der Waals surface area contributed by atoms with E-state index in [1.807, 2.05) is 0 Å². The third kappa shape index (κ3) is 6.61. The molecule has 44 heavy (non-hydrogen) atoms. The van der Waals surface area contributed by atoms with Crippen LogP contribution in [0.3, 0.4) is 0 Å². The molecule has 0 saturated carbocycles. The summed E-state index contributed by atoms with van der Waals surface area (Å²) in [5, 5.41) is -1.86. The van der Waals surface area contributed by atoms with Crippen molar-refractivity contribution in [3.05, 3.63) is 94.0 Å². The van der Waals surface area contributed by atoms with Crippen LogP contribution in [-0.4, -0.2) is 46.6 Å². The first kappa shape index (κ1) is 30.8. The lowest BCUT2D eigenvalue weighted by molar-refractivity contribution is -0.138. The highest BCUT2D eigenvalue weighted by molar-refractivity contribution is 7.15. The van der Waals surface area contributed by atoms with Gasteiger partial charge in [0.2, 0.25) is 0 Å². The number of nitrogens with two attached hydrogens (primary N) is 1. The number of carbonyl (C=O) groups is 2. The summed E-state index contributed by atoms with van der Waals surface area (Å²) in [6, 6.07) is 9.45. The van der Waals surface area contributed by atoms with Crippen LogP contribution in [-0.2, 0) is 25.4 Å². The number of aromatic nitrogens is 6. The zero-order chi connectivity index (χ0) is 31.6. The number of hydrogen-bond donors (Lipinski definition) is 1. The average molecular weight is 651 g/mol. The normalized spacial score (nSPS) is 13.1. The Morgan fingerprint density at radius 2 is 1.14 bits per heavy atom. The van der Waals surface area contributed by atoms with Crippen molar-refractivity contribution in [1.82, 2.24) is 34.8 Å². The number of alkyl halides is 6. The molecule has 0 unspecified atom stereocenters. The van der Waals surface area contributed by atoms with Crippen molar-refractivity contribution in [3.63, 3.8) is 0 Å². The first-order valence-electron chi connectivity index (χ1n) is 12.2. The summed E-state index contributed by atoms with van der Waals surface area (Å²) in [5.74, 6) is -0.874. The molecule has 18 heteroatoms. The molecule has 1 aromatic carbocycles. The van der Waals surface area contributed by atoms with E-state index >= 15 is 0 Å². The predicted molar refractivity (Wildman–Crippen MR) is 145 cm³/mol. The number of thiazole rings is 2. The van der Waals surface area contributed by atoms with Gasteiger partial charge in [-0.3, -0.25) is 14.5 Å². The second kappa shape index (κ2) is 12.1. The van der Waals surface area contributed by atoms with Gasteiger partial charge >= 0.3 is 12.4 Å². The summed E-state index contributed by atoms with van der Waals surface area (Å²) in [4.78, 5) is 48.8. The molecule has 5 heterocycles. The second-order valence-electron chi connectivity index (χ2n) is 8.79. The third-order valence-electron chi connectivity index (χ3n) is 5.86. The van der Waals surface area contributed by atoms with Gasteiger partial charge in [-0.1, -0.05) is 12.1 Å². The van der Waals surface area contributed by atoms with Crippen molar-refractivity contribution < 1.29 is 35.9 Å². The van der Waals surface area contributed by atoms with Crippen molar-refractivity contribution in [1.29, 1.82) is 0 Å². The molecule has 226 valence electrons. The van der Waals surface area contributed by atoms with Gasteiger partial charge in [0.05, 0.1) is 50.2 Å². The van der Waals surface area contributed by atoms with Crippen LogP contribution < -0.4 is 5.73 Å². The van der Waals surface area contributed by atoms with E-state index in [4.69, 9.17) is 5.73 Å². The van der Waals surface area contributed by atoms with Gasteiger partial charge in [0.15, 0.2) is 10.0 Å². The van der Waals surface area contributed by atoms with Gasteiger partial charge in [0, 0.05) is 18.9 Å². The molecule has 5 aromatic rings. The summed E-state index contributed by atoms with van der Waals surface area (Å²) in [7, 11) is 0. The molecule has 0 spiro atoms. The molecule has 0 bridgehead atoms. The van der Waals surface area contributed by atoms with Crippen LogP contribution in [0.2, 0.25) is 0 Å². The quantitative estimate of drug-likeness (QED) is 0.193. The number of rotatable bonds is 5. The van der Waals surface area contributed by atoms with Crippen LogP contribution in [0.15, 0.2) is 61.4 Å². The van der Waals surface area contributed by atoms with Gasteiger partial charge < -0.3 is 5.73 Å². The molecule has 1 aliphatic rings. The van der Waals surface area contributed by atoms with Gasteiger partial charge in [0.25, 0.3) is 11.8 Å². The minimum absolute atomic E-state index is 0.104. The Labute approximate surface area is 251 Å². The lowest BCUT2D eigenvalue weighted by Crippen LogP contribution is -2.29. The topological polar surface area (TPSA) is 141 Å². The molecule has 2 amide bonds. The fraction of sp³-hybridized carbons (Fsp3) is 0.154. The van der Waals surface area contributed by atoms with Crippen molar-refractivity contribution >= 4 is 34.5 Å². The minimum Gasteiger partial charge on any atom is -0.325 e. The van der Waals surface area contributed by atoms with Gasteiger partial charge in [0.1, 0.15) is 12.7 Å². The molecule has 0 aliphatic carbocycles. The van der Waals surface area contributed by atoms with E-state index < -0.39 is 34.2 Å². The van der Waals surface area contributed by atoms with Crippen molar-refractivity contribution in [2.24, 2.45) is 5.73 Å². The Morgan fingerprint density at radius 1 is 0.682 bits per heavy atom. The van der Waals surface area contributed by atoms with E-state index in [1.165, 1.54) is 18.7 Å². The maximum atomic E-state index is 12.7. The lowest BCUT2D eigenvalue weighted by atomic mass is 10.1. The molecule has 10 nitrogen and oxygen atoms in total. The first-order valence-corrected chi connectivity index (χ1v) is 13.8. The first-order chi connectivity index (χ1) is 20.8. The van der Waals surface area contributed by atoms with Crippen molar-refractivity contribution in [2.45, 2.75) is 25.4 Å². The maximum absolute atomic E-state index is 12.7. The highest BCUT2D eigenvalue weighted by atomic mass is 32.1. The van der Waals surface area contributed by atoms with Gasteiger partial charge in [-0.05, 0) is 24.3 Å². The molecular weight excluding hydrogens is 634 g/mol. The summed E-state index contributed by atoms with van der Waals surface area (Å²) >= 11 is 1.01. The van der Waals surface area contributed by atoms with E-state index in [0.717, 1.165) is 17.3 Å². The standard InChI is InChI=1S/C17H9F3N4O2S.C9H7F3N4S/c18-17(19,20)16-21-6-13(27-16)12-5-9(22-8-23-12)7-24-14(25)10-3-1-2-4-11(10)15(24)26;10-9(11,12)8-14-3-7(17-8)6-1-5(2-13)15-4-16-6/h1-6,8H,7H2;1,3-4H,2,13H2. The van der Waals surface area contributed by atoms with Crippen molar-refractivity contribution in [3.8, 4) is 21.1 Å². The number of imide groups is 1. The van der Waals surface area contributed by atoms with E-state index in [9.17, 15) is 35.9 Å². The molecule has 2 N–H and O–H groups in total. The smallest absolute Gasteiger partial charge is 0.325 e. The number of nitrogens with zero attached hydrogens (tertiary/aromatic N) is 7. The van der Waals surface area contributed by atoms with Crippen LogP contribution in [0.4, 0.5) is 26.3 Å². The summed E-state index contributed by atoms with van der Waals surface area (Å²) in [5.41, 5.74) is 7.55. The average Bonchev–Trinajstić information content (AvgIpc) is 3.75. The third-order valence-corrected chi connectivity index (χ3v) is 7.99. The van der Waals surface area contributed by atoms with E-state index in [-0.39, 0.29) is 23.7 Å². The minimum atomic E-state index is -4.53. The van der Waals surface area contributed by atoms with Gasteiger partial charge in [-0.2, -0.15) is 26.3 Å². The molecule has 0 radical (unpaired) electrons. The molecule has 0 saturated heterocycles. The summed E-state index contributed by atoms with van der Waals surface area (Å²) in [6.45, 7) is 0.104. The SMILES string of the molecule is NCc1cc(-c2cnc(C(F)(F)F)s2)ncn1.O=C1c2ccccc2C(=O)N1Cc1cc(-c2cnc(C(F)(F)F)s2)ncn1. The van der Waals surface area contributed by atoms with E-state index in [1.54, 1.807) is 30.3 Å². The number of halogens is 6. The fourth-order valence-corrected chi connectivity index (χ4v) is 5.36. The van der Waals surface area contributed by atoms with Crippen LogP contribution >= 0.6 is 22.7 Å². The molecule has 6 rings (SSSR count). The lowest BCUT2D eigenvalue weighted by Gasteiger charge is -2.13. The highest BCUT2D eigenvalue weighted by Gasteiger charge is 2.37. The highest BCUT2D eigenvalue weighted by Crippen LogP contribution is 2.37. The Morgan fingerprint density at radius 3 is 1.57 bits per heavy atom. The fourth-order valence-electron chi connectivity index (χ4n) is 3.85. The maximum Gasteiger partial charge on any atom is 0.443 e. The Bertz CT molecular complexity index is 1800. The van der Waals surface area contributed by atoms with Gasteiger partial charge in [-0.25, -0.2) is 29.9 Å². The Balaban J connectivity index is 0.000000195. The molecular formula is C26H16F6N8O2S2. The van der Waals surface area contributed by atoms with Crippen LogP contribution in [0.25, 0.3) is 21.1 Å². The van der Waals surface area contributed by atoms with Crippen LogP contribution in [0, 0.1) is 0 Å². The summed E-state index contributed by atoms with van der Waals surface area (Å²) < 4.78 is 75.2. The van der Waals surface area contributed by atoms with Gasteiger partial charge in [-0.15, -0.1) is 22.7 Å². The summed E-state index contributed by atoms with van der Waals surface area (Å²) in [6.07, 6.45) is -4.27. The number of carbonyl (C=O) groups excluding carboxylic acids is 2. The molecule has 1 aliphatic heterocycles. The number of benzene rings is 1. The zero-order valence-electron chi connectivity index (χ0n) is 21.8. The Hall–Kier alpha value is -4.68. The van der Waals surface area contributed by atoms with E-state index in [2.05, 4.69) is 29.9 Å².